The van der Waals surface area contributed by atoms with Crippen LogP contribution in [0.2, 0.25) is 0 Å². The quantitative estimate of drug-likeness (QED) is 0.691. The second kappa shape index (κ2) is 5.52. The Morgan fingerprint density at radius 1 is 1.35 bits per heavy atom. The van der Waals surface area contributed by atoms with Crippen LogP contribution in [0.25, 0.3) is 0 Å². The van der Waals surface area contributed by atoms with Gasteiger partial charge < -0.3 is 19.4 Å². The molecule has 1 aromatic carbocycles. The lowest BCUT2D eigenvalue weighted by atomic mass is 9.80. The maximum atomic E-state index is 9.01. The number of aromatic nitrogens is 2. The fourth-order valence-corrected chi connectivity index (χ4v) is 1.45. The lowest BCUT2D eigenvalue weighted by molar-refractivity contribution is 0.298. The smallest absolute Gasteiger partial charge is 0.488 e. The van der Waals surface area contributed by atoms with Crippen molar-refractivity contribution in [2.75, 3.05) is 6.61 Å². The van der Waals surface area contributed by atoms with E-state index in [1.807, 2.05) is 10.8 Å². The molecule has 0 aliphatic heterocycles. The molecule has 0 aliphatic carbocycles. The van der Waals surface area contributed by atoms with Gasteiger partial charge in [0.05, 0.1) is 12.9 Å². The first-order chi connectivity index (χ1) is 8.25. The largest absolute Gasteiger partial charge is 0.492 e. The first kappa shape index (κ1) is 11.7. The summed E-state index contributed by atoms with van der Waals surface area (Å²) in [7, 11) is -1.47. The summed E-state index contributed by atoms with van der Waals surface area (Å²) in [6.45, 7) is 1.20. The van der Waals surface area contributed by atoms with Gasteiger partial charge in [-0.25, -0.2) is 4.98 Å². The molecule has 1 heterocycles. The molecule has 0 saturated carbocycles. The zero-order valence-electron chi connectivity index (χ0n) is 9.23. The summed E-state index contributed by atoms with van der Waals surface area (Å²) in [5.41, 5.74) is 0.421. The van der Waals surface area contributed by atoms with E-state index in [0.717, 1.165) is 0 Å². The highest BCUT2D eigenvalue weighted by atomic mass is 16.5. The molecule has 0 fully saturated rings. The van der Waals surface area contributed by atoms with Crippen LogP contribution in [0.1, 0.15) is 0 Å². The van der Waals surface area contributed by atoms with Crippen molar-refractivity contribution in [3.8, 4) is 5.75 Å². The third kappa shape index (κ3) is 3.34. The lowest BCUT2D eigenvalue weighted by Crippen LogP contribution is -2.29. The summed E-state index contributed by atoms with van der Waals surface area (Å²) in [6.07, 6.45) is 5.29. The van der Waals surface area contributed by atoms with Crippen molar-refractivity contribution in [3.05, 3.63) is 43.0 Å². The minimum atomic E-state index is -1.47. The Morgan fingerprint density at radius 3 is 2.94 bits per heavy atom. The van der Waals surface area contributed by atoms with Crippen LogP contribution in [0.5, 0.6) is 5.75 Å². The van der Waals surface area contributed by atoms with E-state index in [2.05, 4.69) is 4.98 Å². The second-order valence-corrected chi connectivity index (χ2v) is 3.60. The van der Waals surface area contributed by atoms with Gasteiger partial charge in [-0.2, -0.15) is 0 Å². The van der Waals surface area contributed by atoms with Crippen LogP contribution in [-0.2, 0) is 6.54 Å². The minimum Gasteiger partial charge on any atom is -0.492 e. The summed E-state index contributed by atoms with van der Waals surface area (Å²) < 4.78 is 7.41. The lowest BCUT2D eigenvalue weighted by Gasteiger charge is -2.08. The average Bonchev–Trinajstić information content (AvgIpc) is 2.82. The van der Waals surface area contributed by atoms with Crippen LogP contribution < -0.4 is 10.2 Å². The third-order valence-electron chi connectivity index (χ3n) is 2.33. The number of nitrogens with zero attached hydrogens (tertiary/aromatic N) is 2. The summed E-state index contributed by atoms with van der Waals surface area (Å²) >= 11 is 0. The number of imidazole rings is 1. The molecule has 5 nitrogen and oxygen atoms in total. The van der Waals surface area contributed by atoms with E-state index in [4.69, 9.17) is 14.8 Å². The summed E-state index contributed by atoms with van der Waals surface area (Å²) in [5, 5.41) is 18.0. The molecule has 0 aliphatic rings. The molecule has 2 N–H and O–H groups in total. The normalized spacial score (nSPS) is 10.2. The van der Waals surface area contributed by atoms with Crippen LogP contribution in [0.15, 0.2) is 43.0 Å². The minimum absolute atomic E-state index is 0.421. The molecular weight excluding hydrogens is 219 g/mol. The zero-order chi connectivity index (χ0) is 12.1. The maximum absolute atomic E-state index is 9.01. The van der Waals surface area contributed by atoms with Gasteiger partial charge in [0.2, 0.25) is 0 Å². The predicted octanol–water partition coefficient (Wildman–Crippen LogP) is -0.358. The number of benzene rings is 1. The van der Waals surface area contributed by atoms with Crippen LogP contribution >= 0.6 is 0 Å². The molecule has 0 radical (unpaired) electrons. The highest BCUT2D eigenvalue weighted by molar-refractivity contribution is 6.58. The molecule has 0 bridgehead atoms. The molecule has 0 spiro atoms. The van der Waals surface area contributed by atoms with Crippen molar-refractivity contribution in [1.82, 2.24) is 9.55 Å². The third-order valence-corrected chi connectivity index (χ3v) is 2.33. The van der Waals surface area contributed by atoms with Gasteiger partial charge in [-0.15, -0.1) is 0 Å². The van der Waals surface area contributed by atoms with E-state index >= 15 is 0 Å². The average molecular weight is 232 g/mol. The number of ether oxygens (including phenoxy) is 1. The molecule has 1 aromatic heterocycles. The van der Waals surface area contributed by atoms with Gasteiger partial charge in [0.1, 0.15) is 12.4 Å². The van der Waals surface area contributed by atoms with Crippen molar-refractivity contribution in [3.63, 3.8) is 0 Å². The van der Waals surface area contributed by atoms with Crippen molar-refractivity contribution < 1.29 is 14.8 Å². The van der Waals surface area contributed by atoms with Gasteiger partial charge >= 0.3 is 7.12 Å². The Balaban J connectivity index is 1.88. The van der Waals surface area contributed by atoms with E-state index in [-0.39, 0.29) is 0 Å². The molecule has 0 saturated heterocycles. The van der Waals surface area contributed by atoms with E-state index in [1.54, 1.807) is 36.8 Å². The van der Waals surface area contributed by atoms with Crippen LogP contribution in [0, 0.1) is 0 Å². The molecule has 0 unspecified atom stereocenters. The molecule has 0 atom stereocenters. The molecule has 17 heavy (non-hydrogen) atoms. The van der Waals surface area contributed by atoms with Gasteiger partial charge in [-0.3, -0.25) is 0 Å². The Bertz CT molecular complexity index is 459. The fourth-order valence-electron chi connectivity index (χ4n) is 1.45. The standard InChI is InChI=1S/C11H13BN2O3/c15-12(16)10-2-1-3-11(8-10)17-7-6-14-5-4-13-9-14/h1-5,8-9,15-16H,6-7H2. The van der Waals surface area contributed by atoms with Crippen LogP contribution in [0.3, 0.4) is 0 Å². The predicted molar refractivity (Wildman–Crippen MR) is 64.0 cm³/mol. The van der Waals surface area contributed by atoms with E-state index in [1.165, 1.54) is 0 Å². The van der Waals surface area contributed by atoms with Gasteiger partial charge in [-0.1, -0.05) is 12.1 Å². The first-order valence-electron chi connectivity index (χ1n) is 5.30. The highest BCUT2D eigenvalue weighted by Gasteiger charge is 2.10. The Hall–Kier alpha value is -1.79. The number of rotatable bonds is 5. The molecule has 6 heteroatoms. The van der Waals surface area contributed by atoms with Crippen molar-refractivity contribution >= 4 is 12.6 Å². The van der Waals surface area contributed by atoms with Crippen LogP contribution in [-0.4, -0.2) is 33.3 Å². The molecular formula is C11H13BN2O3. The van der Waals surface area contributed by atoms with Gasteiger partial charge in [0.25, 0.3) is 0 Å². The zero-order valence-corrected chi connectivity index (χ0v) is 9.23. The van der Waals surface area contributed by atoms with E-state index < -0.39 is 7.12 Å². The monoisotopic (exact) mass is 232 g/mol. The number of hydrogen-bond donors (Lipinski definition) is 2. The Kier molecular flexibility index (Phi) is 3.79. The van der Waals surface area contributed by atoms with Crippen molar-refractivity contribution in [1.29, 1.82) is 0 Å². The Morgan fingerprint density at radius 2 is 2.24 bits per heavy atom. The van der Waals surface area contributed by atoms with E-state index in [9.17, 15) is 0 Å². The second-order valence-electron chi connectivity index (χ2n) is 3.60. The van der Waals surface area contributed by atoms with Crippen molar-refractivity contribution in [2.24, 2.45) is 0 Å². The van der Waals surface area contributed by atoms with Gasteiger partial charge in [0, 0.05) is 12.4 Å². The maximum Gasteiger partial charge on any atom is 0.488 e. The van der Waals surface area contributed by atoms with Crippen LogP contribution in [0.4, 0.5) is 0 Å². The van der Waals surface area contributed by atoms with Crippen molar-refractivity contribution in [2.45, 2.75) is 6.54 Å². The van der Waals surface area contributed by atoms with Gasteiger partial charge in [0.15, 0.2) is 0 Å². The van der Waals surface area contributed by atoms with E-state index in [0.29, 0.717) is 24.4 Å². The van der Waals surface area contributed by atoms with Gasteiger partial charge in [-0.05, 0) is 17.6 Å². The fraction of sp³-hybridized carbons (Fsp3) is 0.182. The number of hydrogen-bond acceptors (Lipinski definition) is 4. The first-order valence-corrected chi connectivity index (χ1v) is 5.30. The Labute approximate surface area is 99.5 Å². The summed E-state index contributed by atoms with van der Waals surface area (Å²) in [5.74, 6) is 0.621. The topological polar surface area (TPSA) is 67.5 Å². The SMILES string of the molecule is OB(O)c1cccc(OCCn2ccnc2)c1. The molecule has 2 rings (SSSR count). The summed E-state index contributed by atoms with van der Waals surface area (Å²) in [6, 6.07) is 6.74. The highest BCUT2D eigenvalue weighted by Crippen LogP contribution is 2.07. The molecule has 2 aromatic rings. The molecule has 0 amide bonds. The molecule has 88 valence electrons. The summed E-state index contributed by atoms with van der Waals surface area (Å²) in [4.78, 5) is 3.93.